The van der Waals surface area contributed by atoms with Crippen molar-refractivity contribution in [1.29, 1.82) is 0 Å². The first-order valence-corrected chi connectivity index (χ1v) is 4.56. The molecule has 0 saturated carbocycles. The molecular formula is C8H8N2O2S. The van der Waals surface area contributed by atoms with Gasteiger partial charge in [-0.1, -0.05) is 18.2 Å². The second-order valence-electron chi connectivity index (χ2n) is 2.32. The van der Waals surface area contributed by atoms with Crippen LogP contribution in [0.3, 0.4) is 0 Å². The maximum atomic E-state index is 10.3. The van der Waals surface area contributed by atoms with Crippen molar-refractivity contribution < 1.29 is 15.0 Å². The zero-order valence-corrected chi connectivity index (χ0v) is 7.54. The smallest absolute Gasteiger partial charge is 0.365 e. The number of thioether (sulfide) groups is 1. The lowest BCUT2D eigenvalue weighted by Crippen LogP contribution is -2.55. The molecule has 0 saturated heterocycles. The lowest BCUT2D eigenvalue weighted by Gasteiger charge is -1.98. The Hall–Kier alpha value is -1.36. The normalized spacial score (nSPS) is 9.54. The van der Waals surface area contributed by atoms with Crippen molar-refractivity contribution in [2.24, 2.45) is 0 Å². The Morgan fingerprint density at radius 2 is 2.23 bits per heavy atom. The van der Waals surface area contributed by atoms with E-state index in [1.165, 1.54) is 0 Å². The minimum Gasteiger partial charge on any atom is -0.502 e. The van der Waals surface area contributed by atoms with Crippen LogP contribution in [0.1, 0.15) is 5.56 Å². The van der Waals surface area contributed by atoms with Crippen LogP contribution in [0.15, 0.2) is 24.3 Å². The van der Waals surface area contributed by atoms with Gasteiger partial charge in [0.25, 0.3) is 0 Å². The van der Waals surface area contributed by atoms with E-state index in [4.69, 9.17) is 10.6 Å². The van der Waals surface area contributed by atoms with Crippen LogP contribution in [0.2, 0.25) is 0 Å². The van der Waals surface area contributed by atoms with Gasteiger partial charge in [-0.05, 0) is 11.8 Å². The Labute approximate surface area is 79.5 Å². The SMILES string of the molecule is [N-]=[NH+]c1ccccc1CSC(=O)O. The third-order valence-electron chi connectivity index (χ3n) is 1.49. The Balaban J connectivity index is 2.75. The summed E-state index contributed by atoms with van der Waals surface area (Å²) in [5.41, 5.74) is 9.98. The van der Waals surface area contributed by atoms with Gasteiger partial charge >= 0.3 is 5.30 Å². The number of hydrogen-bond donors (Lipinski definition) is 2. The molecule has 1 aromatic carbocycles. The van der Waals surface area contributed by atoms with Crippen molar-refractivity contribution in [1.82, 2.24) is 0 Å². The van der Waals surface area contributed by atoms with E-state index in [-0.39, 0.29) is 0 Å². The molecule has 0 atom stereocenters. The highest BCUT2D eigenvalue weighted by Crippen LogP contribution is 2.17. The van der Waals surface area contributed by atoms with Crippen molar-refractivity contribution >= 4 is 22.8 Å². The zero-order chi connectivity index (χ0) is 9.68. The highest BCUT2D eigenvalue weighted by atomic mass is 32.2. The first kappa shape index (κ1) is 9.73. The molecule has 1 rings (SSSR count). The lowest BCUT2D eigenvalue weighted by molar-refractivity contribution is -0.380. The minimum atomic E-state index is -0.923. The van der Waals surface area contributed by atoms with Crippen LogP contribution < -0.4 is 5.11 Å². The average Bonchev–Trinajstić information content (AvgIpc) is 2.15. The van der Waals surface area contributed by atoms with E-state index in [1.54, 1.807) is 24.3 Å². The molecule has 0 amide bonds. The Morgan fingerprint density at radius 3 is 2.85 bits per heavy atom. The van der Waals surface area contributed by atoms with Crippen molar-refractivity contribution in [2.45, 2.75) is 5.75 Å². The summed E-state index contributed by atoms with van der Waals surface area (Å²) >= 11 is 0.779. The van der Waals surface area contributed by atoms with Crippen LogP contribution in [0.25, 0.3) is 5.53 Å². The van der Waals surface area contributed by atoms with Gasteiger partial charge in [-0.2, -0.15) is 0 Å². The molecule has 0 unspecified atom stereocenters. The monoisotopic (exact) mass is 196 g/mol. The molecule has 0 radical (unpaired) electrons. The maximum absolute atomic E-state index is 10.3. The van der Waals surface area contributed by atoms with Crippen LogP contribution in [-0.4, -0.2) is 10.4 Å². The van der Waals surface area contributed by atoms with E-state index < -0.39 is 5.30 Å². The van der Waals surface area contributed by atoms with E-state index in [0.29, 0.717) is 11.4 Å². The second-order valence-corrected chi connectivity index (χ2v) is 3.25. The number of carboxylic acid groups (broad SMARTS) is 1. The number of para-hydroxylation sites is 1. The quantitative estimate of drug-likeness (QED) is 0.716. The molecule has 0 aliphatic heterocycles. The molecule has 68 valence electrons. The summed E-state index contributed by atoms with van der Waals surface area (Å²) in [7, 11) is 0. The molecule has 5 heteroatoms. The van der Waals surface area contributed by atoms with Crippen LogP contribution in [0.4, 0.5) is 10.5 Å². The van der Waals surface area contributed by atoms with Crippen molar-refractivity contribution in [2.75, 3.05) is 0 Å². The summed E-state index contributed by atoms with van der Waals surface area (Å²) in [6.45, 7) is 0. The fraction of sp³-hybridized carbons (Fsp3) is 0.125. The molecule has 0 spiro atoms. The third-order valence-corrected chi connectivity index (χ3v) is 2.19. The summed E-state index contributed by atoms with van der Waals surface area (Å²) in [5.74, 6) is 0.332. The average molecular weight is 196 g/mol. The standard InChI is InChI=1S/C8H8N2O2S/c9-10-7-4-2-1-3-6(7)5-13-8(11)12/h1-4,10H,5H2,(H,11,12). The molecule has 0 bridgehead atoms. The van der Waals surface area contributed by atoms with Gasteiger partial charge in [0.15, 0.2) is 5.69 Å². The highest BCUT2D eigenvalue weighted by Gasteiger charge is 2.05. The summed E-state index contributed by atoms with van der Waals surface area (Å²) < 4.78 is 0. The minimum absolute atomic E-state index is 0.332. The number of nitrogens with one attached hydrogen (secondary N) is 1. The van der Waals surface area contributed by atoms with Gasteiger partial charge in [-0.15, -0.1) is 0 Å². The molecule has 2 N–H and O–H groups in total. The van der Waals surface area contributed by atoms with E-state index in [0.717, 1.165) is 17.3 Å². The highest BCUT2D eigenvalue weighted by molar-refractivity contribution is 8.12. The van der Waals surface area contributed by atoms with Gasteiger partial charge in [0, 0.05) is 17.4 Å². The van der Waals surface area contributed by atoms with Gasteiger partial charge in [-0.25, -0.2) is 4.79 Å². The van der Waals surface area contributed by atoms with Gasteiger partial charge in [0.2, 0.25) is 0 Å². The molecule has 0 aromatic heterocycles. The Bertz CT molecular complexity index is 328. The van der Waals surface area contributed by atoms with Gasteiger partial charge in [-0.3, -0.25) is 5.11 Å². The zero-order valence-electron chi connectivity index (χ0n) is 6.73. The predicted octanol–water partition coefficient (Wildman–Crippen LogP) is 1.33. The summed E-state index contributed by atoms with van der Waals surface area (Å²) in [4.78, 5) is 10.3. The molecule has 13 heavy (non-hydrogen) atoms. The first-order valence-electron chi connectivity index (χ1n) is 3.58. The van der Waals surface area contributed by atoms with E-state index in [2.05, 4.69) is 0 Å². The summed E-state index contributed by atoms with van der Waals surface area (Å²) in [6.07, 6.45) is 0. The topological polar surface area (TPSA) is 73.6 Å². The maximum Gasteiger partial charge on any atom is 0.365 e. The van der Waals surface area contributed by atoms with E-state index in [1.807, 2.05) is 5.11 Å². The fourth-order valence-electron chi connectivity index (χ4n) is 0.895. The second kappa shape index (κ2) is 4.61. The lowest BCUT2D eigenvalue weighted by atomic mass is 10.2. The molecule has 0 aliphatic carbocycles. The van der Waals surface area contributed by atoms with E-state index >= 15 is 0 Å². The summed E-state index contributed by atoms with van der Waals surface area (Å²) in [6, 6.07) is 6.98. The fourth-order valence-corrected chi connectivity index (χ4v) is 1.43. The van der Waals surface area contributed by atoms with Crippen LogP contribution in [0, 0.1) is 0 Å². The Kier molecular flexibility index (Phi) is 3.45. The Morgan fingerprint density at radius 1 is 1.54 bits per heavy atom. The van der Waals surface area contributed by atoms with Gasteiger partial charge in [0.05, 0.1) is 0 Å². The molecule has 4 nitrogen and oxygen atoms in total. The molecule has 0 fully saturated rings. The summed E-state index contributed by atoms with van der Waals surface area (Å²) in [5, 5.41) is 9.51. The first-order chi connectivity index (χ1) is 6.24. The number of carbonyl (C=O) groups is 1. The largest absolute Gasteiger partial charge is 0.502 e. The van der Waals surface area contributed by atoms with Crippen LogP contribution in [-0.2, 0) is 5.75 Å². The predicted molar refractivity (Wildman–Crippen MR) is 49.7 cm³/mol. The number of hydrogen-bond acceptors (Lipinski definition) is 2. The number of benzene rings is 1. The van der Waals surface area contributed by atoms with Crippen LogP contribution >= 0.6 is 11.8 Å². The van der Waals surface area contributed by atoms with Gasteiger partial charge in [0.1, 0.15) is 0 Å². The van der Waals surface area contributed by atoms with Gasteiger partial charge < -0.3 is 10.6 Å². The van der Waals surface area contributed by atoms with Crippen molar-refractivity contribution in [3.63, 3.8) is 0 Å². The van der Waals surface area contributed by atoms with Crippen molar-refractivity contribution in [3.8, 4) is 0 Å². The molecule has 0 heterocycles. The molecular weight excluding hydrogens is 188 g/mol. The van der Waals surface area contributed by atoms with Crippen LogP contribution in [0.5, 0.6) is 0 Å². The molecule has 0 aliphatic rings. The third kappa shape index (κ3) is 2.87. The number of rotatable bonds is 3. The van der Waals surface area contributed by atoms with Crippen molar-refractivity contribution in [3.05, 3.63) is 35.4 Å². The molecule has 1 aromatic rings. The van der Waals surface area contributed by atoms with E-state index in [9.17, 15) is 4.79 Å². The number of nitrogens with zero attached hydrogens (tertiary/aromatic N) is 1.